The molecule has 0 saturated heterocycles. The Labute approximate surface area is 96.5 Å². The highest BCUT2D eigenvalue weighted by molar-refractivity contribution is 5.75. The number of benzene rings is 1. The molecule has 0 saturated carbocycles. The Hall–Kier alpha value is -1.56. The number of carbonyl (C=O) groups is 1. The van der Waals surface area contributed by atoms with E-state index in [0.717, 1.165) is 4.90 Å². The van der Waals surface area contributed by atoms with E-state index in [4.69, 9.17) is 5.11 Å². The van der Waals surface area contributed by atoms with Crippen LogP contribution < -0.4 is 4.90 Å². The first-order chi connectivity index (χ1) is 7.96. The van der Waals surface area contributed by atoms with Crippen LogP contribution in [0.25, 0.3) is 0 Å². The summed E-state index contributed by atoms with van der Waals surface area (Å²) >= 11 is 0. The Morgan fingerprint density at radius 1 is 1.24 bits per heavy atom. The topological polar surface area (TPSA) is 40.5 Å². The number of halogens is 3. The lowest BCUT2D eigenvalue weighted by atomic mass is 10.2. The molecule has 1 aromatic rings. The van der Waals surface area contributed by atoms with Crippen molar-refractivity contribution in [3.8, 4) is 0 Å². The Balaban J connectivity index is 2.85. The van der Waals surface area contributed by atoms with Gasteiger partial charge in [0.2, 0.25) is 0 Å². The van der Waals surface area contributed by atoms with Crippen molar-refractivity contribution in [1.29, 1.82) is 0 Å². The number of hydrogen-bond donors (Lipinski definition) is 1. The predicted octanol–water partition coefficient (Wildman–Crippen LogP) is 1.86. The molecular formula is C11H12F3NO2. The number of aliphatic hydroxyl groups excluding tert-OH is 1. The smallest absolute Gasteiger partial charge is 0.395 e. The van der Waals surface area contributed by atoms with Crippen molar-refractivity contribution in [1.82, 2.24) is 0 Å². The zero-order chi connectivity index (χ0) is 12.9. The van der Waals surface area contributed by atoms with Crippen LogP contribution in [-0.4, -0.2) is 37.3 Å². The number of rotatable bonds is 5. The molecular weight excluding hydrogens is 235 g/mol. The van der Waals surface area contributed by atoms with Crippen LogP contribution in [0.4, 0.5) is 18.9 Å². The van der Waals surface area contributed by atoms with E-state index in [2.05, 4.69) is 0 Å². The monoisotopic (exact) mass is 247 g/mol. The van der Waals surface area contributed by atoms with Gasteiger partial charge in [-0.05, 0) is 24.3 Å². The quantitative estimate of drug-likeness (QED) is 0.807. The van der Waals surface area contributed by atoms with E-state index < -0.39 is 12.7 Å². The van der Waals surface area contributed by atoms with E-state index in [1.807, 2.05) is 0 Å². The minimum atomic E-state index is -4.33. The fourth-order valence-electron chi connectivity index (χ4n) is 1.40. The van der Waals surface area contributed by atoms with Gasteiger partial charge in [-0.3, -0.25) is 4.79 Å². The van der Waals surface area contributed by atoms with Gasteiger partial charge in [-0.2, -0.15) is 13.2 Å². The Bertz CT molecular complexity index is 362. The summed E-state index contributed by atoms with van der Waals surface area (Å²) in [6.07, 6.45) is -3.72. The maximum Gasteiger partial charge on any atom is 0.405 e. The lowest BCUT2D eigenvalue weighted by Crippen LogP contribution is -2.36. The summed E-state index contributed by atoms with van der Waals surface area (Å²) < 4.78 is 36.8. The molecule has 0 amide bonds. The van der Waals surface area contributed by atoms with Crippen molar-refractivity contribution in [2.24, 2.45) is 0 Å². The molecule has 0 bridgehead atoms. The van der Waals surface area contributed by atoms with Crippen molar-refractivity contribution in [2.75, 3.05) is 24.6 Å². The molecule has 1 N–H and O–H groups in total. The highest BCUT2D eigenvalue weighted by Gasteiger charge is 2.30. The maximum atomic E-state index is 12.3. The van der Waals surface area contributed by atoms with Gasteiger partial charge in [-0.15, -0.1) is 0 Å². The predicted molar refractivity (Wildman–Crippen MR) is 57.2 cm³/mol. The number of carbonyl (C=O) groups excluding carboxylic acids is 1. The normalized spacial score (nSPS) is 11.3. The third kappa shape index (κ3) is 4.44. The van der Waals surface area contributed by atoms with Crippen LogP contribution in [0.1, 0.15) is 10.4 Å². The van der Waals surface area contributed by atoms with E-state index in [0.29, 0.717) is 17.5 Å². The molecule has 6 heteroatoms. The second-order valence-electron chi connectivity index (χ2n) is 3.47. The van der Waals surface area contributed by atoms with E-state index in [-0.39, 0.29) is 13.2 Å². The molecule has 0 fully saturated rings. The number of nitrogens with zero attached hydrogens (tertiary/aromatic N) is 1. The van der Waals surface area contributed by atoms with Crippen molar-refractivity contribution < 1.29 is 23.1 Å². The van der Waals surface area contributed by atoms with Gasteiger partial charge in [0.15, 0.2) is 0 Å². The number of aldehydes is 1. The first-order valence-corrected chi connectivity index (χ1v) is 4.94. The standard InChI is InChI=1S/C11H12F3NO2/c12-11(13,14)8-15(5-6-16)10-3-1-9(7-17)2-4-10/h1-4,7,16H,5-6,8H2. The summed E-state index contributed by atoms with van der Waals surface area (Å²) in [5.41, 5.74) is 0.715. The highest BCUT2D eigenvalue weighted by Crippen LogP contribution is 2.22. The van der Waals surface area contributed by atoms with Crippen LogP contribution in [0.3, 0.4) is 0 Å². The van der Waals surface area contributed by atoms with Crippen molar-refractivity contribution in [3.05, 3.63) is 29.8 Å². The van der Waals surface area contributed by atoms with Crippen LogP contribution in [0.15, 0.2) is 24.3 Å². The number of hydrogen-bond acceptors (Lipinski definition) is 3. The Kier molecular flexibility index (Phi) is 4.51. The molecule has 1 aromatic carbocycles. The van der Waals surface area contributed by atoms with Crippen LogP contribution in [0.5, 0.6) is 0 Å². The largest absolute Gasteiger partial charge is 0.405 e. The molecule has 0 unspecified atom stereocenters. The summed E-state index contributed by atoms with van der Waals surface area (Å²) in [6.45, 7) is -1.61. The minimum absolute atomic E-state index is 0.111. The van der Waals surface area contributed by atoms with Crippen LogP contribution in [0, 0.1) is 0 Å². The molecule has 1 rings (SSSR count). The molecule has 94 valence electrons. The summed E-state index contributed by atoms with van der Waals surface area (Å²) in [5, 5.41) is 8.73. The average Bonchev–Trinajstić information content (AvgIpc) is 2.27. The van der Waals surface area contributed by atoms with Gasteiger partial charge in [-0.25, -0.2) is 0 Å². The van der Waals surface area contributed by atoms with Crippen molar-refractivity contribution >= 4 is 12.0 Å². The molecule has 0 atom stereocenters. The molecule has 3 nitrogen and oxygen atoms in total. The zero-order valence-electron chi connectivity index (χ0n) is 8.94. The van der Waals surface area contributed by atoms with Gasteiger partial charge >= 0.3 is 6.18 Å². The van der Waals surface area contributed by atoms with E-state index in [1.54, 1.807) is 0 Å². The molecule has 17 heavy (non-hydrogen) atoms. The van der Waals surface area contributed by atoms with Crippen molar-refractivity contribution in [2.45, 2.75) is 6.18 Å². The van der Waals surface area contributed by atoms with Gasteiger partial charge in [0.25, 0.3) is 0 Å². The number of aliphatic hydroxyl groups is 1. The molecule has 0 aliphatic rings. The zero-order valence-corrected chi connectivity index (χ0v) is 8.94. The number of anilines is 1. The van der Waals surface area contributed by atoms with Gasteiger partial charge in [-0.1, -0.05) is 0 Å². The third-order valence-electron chi connectivity index (χ3n) is 2.13. The van der Waals surface area contributed by atoms with Crippen molar-refractivity contribution in [3.63, 3.8) is 0 Å². The van der Waals surface area contributed by atoms with Gasteiger partial charge < -0.3 is 10.0 Å². The minimum Gasteiger partial charge on any atom is -0.395 e. The lowest BCUT2D eigenvalue weighted by Gasteiger charge is -2.25. The average molecular weight is 247 g/mol. The Morgan fingerprint density at radius 2 is 1.82 bits per heavy atom. The second kappa shape index (κ2) is 5.67. The van der Waals surface area contributed by atoms with E-state index in [9.17, 15) is 18.0 Å². The maximum absolute atomic E-state index is 12.3. The molecule has 0 spiro atoms. The van der Waals surface area contributed by atoms with Crippen LogP contribution in [-0.2, 0) is 0 Å². The summed E-state index contributed by atoms with van der Waals surface area (Å²) in [4.78, 5) is 11.4. The summed E-state index contributed by atoms with van der Waals surface area (Å²) in [6, 6.07) is 5.71. The summed E-state index contributed by atoms with van der Waals surface area (Å²) in [7, 11) is 0. The van der Waals surface area contributed by atoms with Gasteiger partial charge in [0.1, 0.15) is 12.8 Å². The molecule has 0 radical (unpaired) electrons. The first-order valence-electron chi connectivity index (χ1n) is 4.94. The SMILES string of the molecule is O=Cc1ccc(N(CCO)CC(F)(F)F)cc1. The molecule has 0 aromatic heterocycles. The first kappa shape index (κ1) is 13.5. The second-order valence-corrected chi connectivity index (χ2v) is 3.47. The molecule has 0 heterocycles. The lowest BCUT2D eigenvalue weighted by molar-refractivity contribution is -0.119. The molecule has 0 aliphatic heterocycles. The van der Waals surface area contributed by atoms with Crippen LogP contribution >= 0.6 is 0 Å². The summed E-state index contributed by atoms with van der Waals surface area (Å²) in [5.74, 6) is 0. The fraction of sp³-hybridized carbons (Fsp3) is 0.364. The highest BCUT2D eigenvalue weighted by atomic mass is 19.4. The third-order valence-corrected chi connectivity index (χ3v) is 2.13. The van der Waals surface area contributed by atoms with E-state index >= 15 is 0 Å². The van der Waals surface area contributed by atoms with E-state index in [1.165, 1.54) is 24.3 Å². The van der Waals surface area contributed by atoms with Gasteiger partial charge in [0, 0.05) is 17.8 Å². The number of alkyl halides is 3. The van der Waals surface area contributed by atoms with Crippen LogP contribution in [0.2, 0.25) is 0 Å². The molecule has 0 aliphatic carbocycles. The van der Waals surface area contributed by atoms with Gasteiger partial charge in [0.05, 0.1) is 6.61 Å². The fourth-order valence-corrected chi connectivity index (χ4v) is 1.40. The Morgan fingerprint density at radius 3 is 2.24 bits per heavy atom.